The summed E-state index contributed by atoms with van der Waals surface area (Å²) in [6.07, 6.45) is 2.50. The summed E-state index contributed by atoms with van der Waals surface area (Å²) in [6.45, 7) is 0.559. The number of rotatable bonds is 4. The lowest BCUT2D eigenvalue weighted by Gasteiger charge is -2.06. The van der Waals surface area contributed by atoms with Gasteiger partial charge in [0.15, 0.2) is 0 Å². The fourth-order valence-corrected chi connectivity index (χ4v) is 2.14. The van der Waals surface area contributed by atoms with Crippen molar-refractivity contribution in [1.82, 2.24) is 14.8 Å². The zero-order valence-corrected chi connectivity index (χ0v) is 11.5. The molecule has 4 heteroatoms. The summed E-state index contributed by atoms with van der Waals surface area (Å²) in [6, 6.07) is 19.0. The third kappa shape index (κ3) is 3.23. The largest absolute Gasteiger partial charge is 0.268 e. The van der Waals surface area contributed by atoms with Crippen LogP contribution in [0.4, 0.5) is 0 Å². The van der Waals surface area contributed by atoms with Gasteiger partial charge in [-0.3, -0.25) is 9.78 Å². The van der Waals surface area contributed by atoms with Gasteiger partial charge in [-0.1, -0.05) is 36.4 Å². The summed E-state index contributed by atoms with van der Waals surface area (Å²) in [5, 5.41) is 4.40. The summed E-state index contributed by atoms with van der Waals surface area (Å²) in [5.41, 5.74) is 2.58. The molecule has 0 aliphatic rings. The Morgan fingerprint density at radius 3 is 2.43 bits per heavy atom. The van der Waals surface area contributed by atoms with E-state index in [1.807, 2.05) is 48.5 Å². The van der Waals surface area contributed by atoms with Crippen molar-refractivity contribution in [1.29, 1.82) is 0 Å². The Bertz CT molecular complexity index is 767. The van der Waals surface area contributed by atoms with Crippen molar-refractivity contribution in [2.45, 2.75) is 13.0 Å². The van der Waals surface area contributed by atoms with Crippen molar-refractivity contribution in [3.63, 3.8) is 0 Å². The van der Waals surface area contributed by atoms with Crippen LogP contribution in [0, 0.1) is 0 Å². The minimum atomic E-state index is -0.0920. The van der Waals surface area contributed by atoms with Crippen LogP contribution in [0.3, 0.4) is 0 Å². The lowest BCUT2D eigenvalue weighted by atomic mass is 10.1. The van der Waals surface area contributed by atoms with Gasteiger partial charge in [0.1, 0.15) is 5.69 Å². The third-order valence-electron chi connectivity index (χ3n) is 3.25. The van der Waals surface area contributed by atoms with Crippen LogP contribution < -0.4 is 5.56 Å². The minimum Gasteiger partial charge on any atom is -0.268 e. The van der Waals surface area contributed by atoms with Crippen LogP contribution in [0.1, 0.15) is 5.56 Å². The molecule has 2 heterocycles. The molecule has 104 valence electrons. The summed E-state index contributed by atoms with van der Waals surface area (Å²) >= 11 is 0. The molecule has 0 fully saturated rings. The van der Waals surface area contributed by atoms with Crippen molar-refractivity contribution in [2.75, 3.05) is 0 Å². The van der Waals surface area contributed by atoms with Crippen molar-refractivity contribution in [2.24, 2.45) is 0 Å². The van der Waals surface area contributed by atoms with E-state index >= 15 is 0 Å². The van der Waals surface area contributed by atoms with Crippen LogP contribution in [0.5, 0.6) is 0 Å². The SMILES string of the molecule is O=c1ccc(-c2ccccn2)nn1CCc1ccccc1. The van der Waals surface area contributed by atoms with Crippen molar-refractivity contribution < 1.29 is 0 Å². The van der Waals surface area contributed by atoms with Gasteiger partial charge in [0.05, 0.1) is 5.69 Å². The standard InChI is InChI=1S/C17H15N3O/c21-17-10-9-16(15-8-4-5-12-18-15)19-20(17)13-11-14-6-2-1-3-7-14/h1-10,12H,11,13H2. The molecule has 4 nitrogen and oxygen atoms in total. The molecule has 0 N–H and O–H groups in total. The monoisotopic (exact) mass is 277 g/mol. The number of hydrogen-bond acceptors (Lipinski definition) is 3. The molecule has 0 saturated carbocycles. The average molecular weight is 277 g/mol. The zero-order valence-electron chi connectivity index (χ0n) is 11.5. The summed E-state index contributed by atoms with van der Waals surface area (Å²) in [7, 11) is 0. The van der Waals surface area contributed by atoms with Gasteiger partial charge in [0.25, 0.3) is 5.56 Å². The van der Waals surface area contributed by atoms with E-state index in [2.05, 4.69) is 10.1 Å². The molecule has 1 aromatic carbocycles. The maximum atomic E-state index is 11.9. The molecule has 2 aromatic heterocycles. The number of pyridine rings is 1. The smallest absolute Gasteiger partial charge is 0.266 e. The Balaban J connectivity index is 1.84. The lowest BCUT2D eigenvalue weighted by Crippen LogP contribution is -2.23. The van der Waals surface area contributed by atoms with Crippen LogP contribution >= 0.6 is 0 Å². The van der Waals surface area contributed by atoms with Gasteiger partial charge in [-0.05, 0) is 30.2 Å². The Kier molecular flexibility index (Phi) is 3.87. The highest BCUT2D eigenvalue weighted by atomic mass is 16.1. The molecule has 0 aliphatic carbocycles. The van der Waals surface area contributed by atoms with Gasteiger partial charge in [0, 0.05) is 18.8 Å². The molecule has 3 aromatic rings. The Hall–Kier alpha value is -2.75. The molecule has 0 aliphatic heterocycles. The van der Waals surface area contributed by atoms with Gasteiger partial charge >= 0.3 is 0 Å². The van der Waals surface area contributed by atoms with Gasteiger partial charge in [-0.2, -0.15) is 5.10 Å². The number of hydrogen-bond donors (Lipinski definition) is 0. The fraction of sp³-hybridized carbons (Fsp3) is 0.118. The molecular weight excluding hydrogens is 262 g/mol. The Morgan fingerprint density at radius 2 is 1.67 bits per heavy atom. The first-order valence-corrected chi connectivity index (χ1v) is 6.86. The van der Waals surface area contributed by atoms with Crippen LogP contribution in [0.2, 0.25) is 0 Å². The van der Waals surface area contributed by atoms with E-state index < -0.39 is 0 Å². The lowest BCUT2D eigenvalue weighted by molar-refractivity contribution is 0.580. The molecule has 21 heavy (non-hydrogen) atoms. The van der Waals surface area contributed by atoms with Gasteiger partial charge in [-0.15, -0.1) is 0 Å². The van der Waals surface area contributed by atoms with Gasteiger partial charge in [-0.25, -0.2) is 4.68 Å². The van der Waals surface area contributed by atoms with E-state index in [4.69, 9.17) is 0 Å². The molecule has 3 rings (SSSR count). The van der Waals surface area contributed by atoms with Gasteiger partial charge in [0.2, 0.25) is 0 Å². The highest BCUT2D eigenvalue weighted by Crippen LogP contribution is 2.10. The molecule has 0 atom stereocenters. The van der Waals surface area contributed by atoms with Crippen LogP contribution in [-0.2, 0) is 13.0 Å². The second-order valence-corrected chi connectivity index (χ2v) is 4.73. The van der Waals surface area contributed by atoms with Crippen molar-refractivity contribution in [3.05, 3.63) is 82.8 Å². The Morgan fingerprint density at radius 1 is 0.857 bits per heavy atom. The predicted octanol–water partition coefficient (Wildman–Crippen LogP) is 2.55. The van der Waals surface area contributed by atoms with Crippen LogP contribution in [0.15, 0.2) is 71.7 Å². The maximum absolute atomic E-state index is 11.9. The van der Waals surface area contributed by atoms with E-state index in [9.17, 15) is 4.79 Å². The average Bonchev–Trinajstić information content (AvgIpc) is 2.56. The van der Waals surface area contributed by atoms with E-state index in [1.54, 1.807) is 18.3 Å². The molecule has 0 spiro atoms. The first-order chi connectivity index (χ1) is 10.3. The quantitative estimate of drug-likeness (QED) is 0.736. The second kappa shape index (κ2) is 6.13. The normalized spacial score (nSPS) is 10.5. The molecule has 0 bridgehead atoms. The minimum absolute atomic E-state index is 0.0920. The number of nitrogens with zero attached hydrogens (tertiary/aromatic N) is 3. The zero-order chi connectivity index (χ0) is 14.5. The first kappa shape index (κ1) is 13.2. The maximum Gasteiger partial charge on any atom is 0.266 e. The highest BCUT2D eigenvalue weighted by Gasteiger charge is 2.04. The van der Waals surface area contributed by atoms with Crippen LogP contribution in [0.25, 0.3) is 11.4 Å². The fourth-order valence-electron chi connectivity index (χ4n) is 2.14. The molecule has 0 unspecified atom stereocenters. The molecule has 0 radical (unpaired) electrons. The molecular formula is C17H15N3O. The topological polar surface area (TPSA) is 47.8 Å². The summed E-state index contributed by atoms with van der Waals surface area (Å²) in [5.74, 6) is 0. The van der Waals surface area contributed by atoms with Crippen molar-refractivity contribution >= 4 is 0 Å². The summed E-state index contributed by atoms with van der Waals surface area (Å²) < 4.78 is 1.50. The van der Waals surface area contributed by atoms with E-state index in [0.29, 0.717) is 12.2 Å². The second-order valence-electron chi connectivity index (χ2n) is 4.73. The molecule has 0 amide bonds. The highest BCUT2D eigenvalue weighted by molar-refractivity contribution is 5.52. The number of benzene rings is 1. The van der Waals surface area contributed by atoms with E-state index in [0.717, 1.165) is 12.1 Å². The van der Waals surface area contributed by atoms with E-state index in [1.165, 1.54) is 10.2 Å². The first-order valence-electron chi connectivity index (χ1n) is 6.86. The van der Waals surface area contributed by atoms with Gasteiger partial charge < -0.3 is 0 Å². The number of aromatic nitrogens is 3. The van der Waals surface area contributed by atoms with Crippen LogP contribution in [-0.4, -0.2) is 14.8 Å². The number of aryl methyl sites for hydroxylation is 2. The molecule has 0 saturated heterocycles. The third-order valence-corrected chi connectivity index (χ3v) is 3.25. The Labute approximate surface area is 122 Å². The summed E-state index contributed by atoms with van der Waals surface area (Å²) in [4.78, 5) is 16.2. The predicted molar refractivity (Wildman–Crippen MR) is 81.9 cm³/mol. The van der Waals surface area contributed by atoms with E-state index in [-0.39, 0.29) is 5.56 Å². The van der Waals surface area contributed by atoms with Crippen molar-refractivity contribution in [3.8, 4) is 11.4 Å².